The lowest BCUT2D eigenvalue weighted by molar-refractivity contribution is -0.192. The van der Waals surface area contributed by atoms with Gasteiger partial charge in [-0.25, -0.2) is 18.2 Å². The highest BCUT2D eigenvalue weighted by atomic mass is 32.2. The van der Waals surface area contributed by atoms with Crippen LogP contribution < -0.4 is 5.73 Å². The molecule has 8 nitrogen and oxygen atoms in total. The van der Waals surface area contributed by atoms with Gasteiger partial charge in [-0.05, 0) is 18.2 Å². The van der Waals surface area contributed by atoms with Gasteiger partial charge in [0, 0.05) is 17.8 Å². The van der Waals surface area contributed by atoms with Crippen LogP contribution >= 0.6 is 0 Å². The Morgan fingerprint density at radius 1 is 1.25 bits per heavy atom. The third-order valence-electron chi connectivity index (χ3n) is 2.42. The summed E-state index contributed by atoms with van der Waals surface area (Å²) >= 11 is 0. The number of amides is 1. The molecular weight excluding hydrogens is 355 g/mol. The van der Waals surface area contributed by atoms with Crippen molar-refractivity contribution in [3.63, 3.8) is 0 Å². The summed E-state index contributed by atoms with van der Waals surface area (Å²) in [6, 6.07) is 4.34. The number of hydrogen-bond donors (Lipinski definition) is 2. The number of fused-ring (bicyclic) bond motifs is 1. The van der Waals surface area contributed by atoms with Gasteiger partial charge < -0.3 is 10.8 Å². The number of halogens is 3. The molecule has 0 aliphatic carbocycles. The van der Waals surface area contributed by atoms with E-state index in [2.05, 4.69) is 9.97 Å². The summed E-state index contributed by atoms with van der Waals surface area (Å²) in [4.78, 5) is 27.6. The van der Waals surface area contributed by atoms with Crippen LogP contribution in [0.4, 0.5) is 13.2 Å². The second kappa shape index (κ2) is 6.78. The topological polar surface area (TPSA) is 140 Å². The number of sulfone groups is 1. The molecule has 0 bridgehead atoms. The first kappa shape index (κ1) is 19.3. The minimum Gasteiger partial charge on any atom is -0.475 e. The van der Waals surface area contributed by atoms with Gasteiger partial charge >= 0.3 is 12.1 Å². The number of carbonyl (C=O) groups excluding carboxylic acids is 1. The largest absolute Gasteiger partial charge is 0.490 e. The summed E-state index contributed by atoms with van der Waals surface area (Å²) in [5.74, 6) is -3.44. The predicted molar refractivity (Wildman–Crippen MR) is 74.9 cm³/mol. The summed E-state index contributed by atoms with van der Waals surface area (Å²) in [5.41, 5.74) is 5.50. The normalized spacial score (nSPS) is 11.5. The van der Waals surface area contributed by atoms with E-state index in [0.29, 0.717) is 10.9 Å². The number of carbonyl (C=O) groups is 2. The van der Waals surface area contributed by atoms with E-state index < -0.39 is 27.9 Å². The number of aromatic nitrogens is 2. The van der Waals surface area contributed by atoms with Gasteiger partial charge in [0.25, 0.3) is 5.91 Å². The number of nitrogens with zero attached hydrogens (tertiary/aromatic N) is 2. The van der Waals surface area contributed by atoms with E-state index in [9.17, 15) is 26.4 Å². The fourth-order valence-electron chi connectivity index (χ4n) is 1.34. The first-order chi connectivity index (χ1) is 10.8. The van der Waals surface area contributed by atoms with Crippen LogP contribution in [0.15, 0.2) is 29.4 Å². The number of aliphatic carboxylic acids is 1. The molecule has 0 aliphatic rings. The van der Waals surface area contributed by atoms with Crippen LogP contribution in [0.25, 0.3) is 10.9 Å². The Morgan fingerprint density at radius 2 is 1.79 bits per heavy atom. The molecule has 0 fully saturated rings. The Bertz CT molecular complexity index is 896. The van der Waals surface area contributed by atoms with Crippen molar-refractivity contribution in [2.45, 2.75) is 11.2 Å². The van der Waals surface area contributed by atoms with Gasteiger partial charge in [-0.3, -0.25) is 9.78 Å². The Balaban J connectivity index is 0.000000351. The average molecular weight is 365 g/mol. The highest BCUT2D eigenvalue weighted by molar-refractivity contribution is 7.90. The summed E-state index contributed by atoms with van der Waals surface area (Å²) in [6.07, 6.45) is -2.59. The molecule has 2 aromatic rings. The van der Waals surface area contributed by atoms with Gasteiger partial charge in [0.15, 0.2) is 14.9 Å². The quantitative estimate of drug-likeness (QED) is 0.800. The number of primary amides is 1. The molecule has 0 aliphatic heterocycles. The standard InChI is InChI=1S/C10H9N3O3S.C2HF3O2/c1-17(15,16)9-3-2-6-5-12-8(10(11)14)4-7(6)13-9;3-2(4,5)1(6)7/h2-5H,1H3,(H2,11,14);(H,6,7). The number of hydrogen-bond acceptors (Lipinski definition) is 6. The summed E-state index contributed by atoms with van der Waals surface area (Å²) in [6.45, 7) is 0. The SMILES string of the molecule is CS(=O)(=O)c1ccc2cnc(C(N)=O)cc2n1.O=C(O)C(F)(F)F. The molecule has 3 N–H and O–H groups in total. The van der Waals surface area contributed by atoms with Gasteiger partial charge in [-0.15, -0.1) is 0 Å². The van der Waals surface area contributed by atoms with Crippen molar-refractivity contribution in [2.24, 2.45) is 5.73 Å². The van der Waals surface area contributed by atoms with Gasteiger partial charge in [0.1, 0.15) is 5.69 Å². The van der Waals surface area contributed by atoms with Crippen LogP contribution in [0.2, 0.25) is 0 Å². The summed E-state index contributed by atoms with van der Waals surface area (Å²) in [5, 5.41) is 7.72. The highest BCUT2D eigenvalue weighted by Gasteiger charge is 2.38. The molecule has 0 atom stereocenters. The maximum absolute atomic E-state index is 11.3. The molecule has 130 valence electrons. The minimum absolute atomic E-state index is 0.0494. The Labute approximate surface area is 133 Å². The molecule has 0 aromatic carbocycles. The maximum atomic E-state index is 11.3. The lowest BCUT2D eigenvalue weighted by Crippen LogP contribution is -2.21. The zero-order valence-electron chi connectivity index (χ0n) is 11.9. The van der Waals surface area contributed by atoms with Gasteiger partial charge in [-0.1, -0.05) is 0 Å². The highest BCUT2D eigenvalue weighted by Crippen LogP contribution is 2.15. The van der Waals surface area contributed by atoms with E-state index in [1.807, 2.05) is 0 Å². The van der Waals surface area contributed by atoms with Crippen LogP contribution in [0.1, 0.15) is 10.5 Å². The second-order valence-electron chi connectivity index (χ2n) is 4.35. The zero-order valence-corrected chi connectivity index (χ0v) is 12.7. The molecule has 0 radical (unpaired) electrons. The molecule has 0 saturated heterocycles. The van der Waals surface area contributed by atoms with Crippen LogP contribution in [0.5, 0.6) is 0 Å². The molecule has 0 spiro atoms. The Hall–Kier alpha value is -2.76. The fraction of sp³-hybridized carbons (Fsp3) is 0.167. The van der Waals surface area contributed by atoms with Crippen molar-refractivity contribution >= 4 is 32.6 Å². The van der Waals surface area contributed by atoms with Crippen molar-refractivity contribution < 1.29 is 36.3 Å². The Morgan fingerprint density at radius 3 is 2.21 bits per heavy atom. The fourth-order valence-corrected chi connectivity index (χ4v) is 1.92. The third kappa shape index (κ3) is 5.15. The van der Waals surface area contributed by atoms with Crippen molar-refractivity contribution in [3.8, 4) is 0 Å². The molecule has 12 heteroatoms. The zero-order chi connectivity index (χ0) is 18.7. The van der Waals surface area contributed by atoms with E-state index in [1.54, 1.807) is 6.07 Å². The lowest BCUT2D eigenvalue weighted by Gasteiger charge is -2.01. The predicted octanol–water partition coefficient (Wildman–Crippen LogP) is 0.765. The van der Waals surface area contributed by atoms with Gasteiger partial charge in [0.2, 0.25) is 0 Å². The van der Waals surface area contributed by atoms with Crippen molar-refractivity contribution in [3.05, 3.63) is 30.1 Å². The average Bonchev–Trinajstić information content (AvgIpc) is 2.44. The van der Waals surface area contributed by atoms with Crippen LogP contribution in [0.3, 0.4) is 0 Å². The van der Waals surface area contributed by atoms with E-state index in [0.717, 1.165) is 6.26 Å². The second-order valence-corrected chi connectivity index (χ2v) is 6.31. The molecule has 2 rings (SSSR count). The Kier molecular flexibility index (Phi) is 5.45. The van der Waals surface area contributed by atoms with Gasteiger partial charge in [-0.2, -0.15) is 13.2 Å². The molecule has 0 saturated carbocycles. The smallest absolute Gasteiger partial charge is 0.475 e. The molecule has 24 heavy (non-hydrogen) atoms. The number of alkyl halides is 3. The van der Waals surface area contributed by atoms with E-state index in [-0.39, 0.29) is 10.7 Å². The van der Waals surface area contributed by atoms with E-state index in [1.165, 1.54) is 18.3 Å². The number of pyridine rings is 2. The van der Waals surface area contributed by atoms with E-state index >= 15 is 0 Å². The number of nitrogens with two attached hydrogens (primary N) is 1. The van der Waals surface area contributed by atoms with Gasteiger partial charge in [0.05, 0.1) is 5.52 Å². The molecule has 2 aromatic heterocycles. The molecule has 2 heterocycles. The lowest BCUT2D eigenvalue weighted by atomic mass is 10.2. The number of carboxylic acids is 1. The number of carboxylic acid groups (broad SMARTS) is 1. The van der Waals surface area contributed by atoms with Crippen LogP contribution in [0, 0.1) is 0 Å². The minimum atomic E-state index is -5.08. The van der Waals surface area contributed by atoms with Crippen molar-refractivity contribution in [2.75, 3.05) is 6.26 Å². The molecule has 1 amide bonds. The van der Waals surface area contributed by atoms with Crippen LogP contribution in [-0.4, -0.2) is 47.8 Å². The molecule has 0 unspecified atom stereocenters. The first-order valence-corrected chi connectivity index (χ1v) is 7.78. The third-order valence-corrected chi connectivity index (χ3v) is 3.41. The van der Waals surface area contributed by atoms with E-state index in [4.69, 9.17) is 15.6 Å². The van der Waals surface area contributed by atoms with Crippen molar-refractivity contribution in [1.29, 1.82) is 0 Å². The summed E-state index contributed by atoms with van der Waals surface area (Å²) < 4.78 is 54.4. The first-order valence-electron chi connectivity index (χ1n) is 5.89. The summed E-state index contributed by atoms with van der Waals surface area (Å²) in [7, 11) is -3.38. The van der Waals surface area contributed by atoms with Crippen molar-refractivity contribution in [1.82, 2.24) is 9.97 Å². The maximum Gasteiger partial charge on any atom is 0.490 e. The monoisotopic (exact) mass is 365 g/mol. The molecular formula is C12H10F3N3O5S. The van der Waals surface area contributed by atoms with Crippen LogP contribution in [-0.2, 0) is 14.6 Å². The number of rotatable bonds is 2.